The molecule has 19 heavy (non-hydrogen) atoms. The SMILES string of the molecule is Clc1ccc2c(c1)sc1c3ccccc3c(Br)cc21. The first-order chi connectivity index (χ1) is 9.24. The smallest absolute Gasteiger partial charge is 0.0434 e. The molecule has 0 saturated heterocycles. The van der Waals surface area contributed by atoms with E-state index in [4.69, 9.17) is 11.6 Å². The Kier molecular flexibility index (Phi) is 2.59. The summed E-state index contributed by atoms with van der Waals surface area (Å²) in [4.78, 5) is 0. The van der Waals surface area contributed by atoms with Gasteiger partial charge in [-0.05, 0) is 23.6 Å². The highest BCUT2D eigenvalue weighted by atomic mass is 79.9. The van der Waals surface area contributed by atoms with Crippen molar-refractivity contribution in [3.8, 4) is 0 Å². The molecule has 0 N–H and O–H groups in total. The Morgan fingerprint density at radius 2 is 1.63 bits per heavy atom. The minimum Gasteiger partial charge on any atom is -0.134 e. The van der Waals surface area contributed by atoms with Gasteiger partial charge in [0.25, 0.3) is 0 Å². The molecule has 0 spiro atoms. The van der Waals surface area contributed by atoms with Gasteiger partial charge in [0.15, 0.2) is 0 Å². The average molecular weight is 348 g/mol. The lowest BCUT2D eigenvalue weighted by Crippen LogP contribution is -1.75. The van der Waals surface area contributed by atoms with E-state index >= 15 is 0 Å². The summed E-state index contributed by atoms with van der Waals surface area (Å²) in [5.41, 5.74) is 0. The first kappa shape index (κ1) is 11.7. The molecule has 0 fully saturated rings. The van der Waals surface area contributed by atoms with E-state index in [1.54, 1.807) is 0 Å². The van der Waals surface area contributed by atoms with Gasteiger partial charge in [-0.1, -0.05) is 57.9 Å². The molecule has 0 aliphatic rings. The predicted octanol–water partition coefficient (Wildman–Crippen LogP) is 6.62. The fraction of sp³-hybridized carbons (Fsp3) is 0. The quantitative estimate of drug-likeness (QED) is 0.335. The second-order valence-electron chi connectivity index (χ2n) is 4.52. The van der Waals surface area contributed by atoms with Crippen molar-refractivity contribution < 1.29 is 0 Å². The number of rotatable bonds is 0. The van der Waals surface area contributed by atoms with Gasteiger partial charge in [0.1, 0.15) is 0 Å². The lowest BCUT2D eigenvalue weighted by atomic mass is 10.1. The maximum Gasteiger partial charge on any atom is 0.0434 e. The van der Waals surface area contributed by atoms with Crippen LogP contribution >= 0.6 is 38.9 Å². The molecule has 0 radical (unpaired) electrons. The Morgan fingerprint density at radius 1 is 0.842 bits per heavy atom. The standard InChI is InChI=1S/C16H8BrClS/c17-14-8-13-11-6-5-9(18)7-15(11)19-16(13)12-4-2-1-3-10(12)14/h1-8H. The van der Waals surface area contributed by atoms with Crippen LogP contribution < -0.4 is 0 Å². The van der Waals surface area contributed by atoms with Crippen molar-refractivity contribution in [3.63, 3.8) is 0 Å². The van der Waals surface area contributed by atoms with E-state index < -0.39 is 0 Å². The number of hydrogen-bond donors (Lipinski definition) is 0. The largest absolute Gasteiger partial charge is 0.134 e. The molecular formula is C16H8BrClS. The van der Waals surface area contributed by atoms with Crippen molar-refractivity contribution in [1.29, 1.82) is 0 Å². The number of halogens is 2. The summed E-state index contributed by atoms with van der Waals surface area (Å²) in [6.45, 7) is 0. The van der Waals surface area contributed by atoms with Crippen LogP contribution in [0.4, 0.5) is 0 Å². The molecule has 92 valence electrons. The monoisotopic (exact) mass is 346 g/mol. The fourth-order valence-corrected chi connectivity index (χ4v) is 4.60. The number of hydrogen-bond acceptors (Lipinski definition) is 1. The number of benzene rings is 3. The van der Waals surface area contributed by atoms with Crippen molar-refractivity contribution in [2.75, 3.05) is 0 Å². The van der Waals surface area contributed by atoms with Gasteiger partial charge in [0.2, 0.25) is 0 Å². The lowest BCUT2D eigenvalue weighted by Gasteiger charge is -2.02. The summed E-state index contributed by atoms with van der Waals surface area (Å²) >= 11 is 11.6. The Labute approximate surface area is 127 Å². The lowest BCUT2D eigenvalue weighted by molar-refractivity contribution is 1.78. The van der Waals surface area contributed by atoms with E-state index in [1.165, 1.54) is 30.9 Å². The van der Waals surface area contributed by atoms with Crippen molar-refractivity contribution in [3.05, 3.63) is 58.0 Å². The van der Waals surface area contributed by atoms with Crippen LogP contribution in [0.1, 0.15) is 0 Å². The molecule has 3 aromatic carbocycles. The molecule has 0 aliphatic carbocycles. The van der Waals surface area contributed by atoms with E-state index in [1.807, 2.05) is 23.5 Å². The predicted molar refractivity (Wildman–Crippen MR) is 89.5 cm³/mol. The third-order valence-electron chi connectivity index (χ3n) is 3.39. The molecule has 1 heterocycles. The Hall–Kier alpha value is -1.09. The molecule has 0 aliphatic heterocycles. The number of thiophene rings is 1. The van der Waals surface area contributed by atoms with E-state index in [-0.39, 0.29) is 0 Å². The second kappa shape index (κ2) is 4.20. The molecule has 4 rings (SSSR count). The van der Waals surface area contributed by atoms with Crippen LogP contribution in [0, 0.1) is 0 Å². The topological polar surface area (TPSA) is 0 Å². The normalized spacial score (nSPS) is 11.7. The minimum absolute atomic E-state index is 0.794. The summed E-state index contributed by atoms with van der Waals surface area (Å²) in [5, 5.41) is 5.91. The Balaban J connectivity index is 2.31. The van der Waals surface area contributed by atoms with Gasteiger partial charge in [-0.2, -0.15) is 0 Å². The van der Waals surface area contributed by atoms with Gasteiger partial charge in [-0.3, -0.25) is 0 Å². The molecule has 4 aromatic rings. The van der Waals surface area contributed by atoms with Gasteiger partial charge in [-0.15, -0.1) is 11.3 Å². The Bertz CT molecular complexity index is 940. The number of fused-ring (bicyclic) bond motifs is 5. The van der Waals surface area contributed by atoms with E-state index in [9.17, 15) is 0 Å². The summed E-state index contributed by atoms with van der Waals surface area (Å²) in [7, 11) is 0. The van der Waals surface area contributed by atoms with Crippen molar-refractivity contribution >= 4 is 69.8 Å². The molecule has 1 aromatic heterocycles. The molecule has 0 atom stereocenters. The van der Waals surface area contributed by atoms with Gasteiger partial charge < -0.3 is 0 Å². The summed E-state index contributed by atoms with van der Waals surface area (Å²) in [6.07, 6.45) is 0. The average Bonchev–Trinajstić information content (AvgIpc) is 2.77. The van der Waals surface area contributed by atoms with Gasteiger partial charge >= 0.3 is 0 Å². The Morgan fingerprint density at radius 3 is 2.47 bits per heavy atom. The van der Waals surface area contributed by atoms with Gasteiger partial charge in [0, 0.05) is 35.1 Å². The highest BCUT2D eigenvalue weighted by molar-refractivity contribution is 9.10. The summed E-state index contributed by atoms with van der Waals surface area (Å²) in [5.74, 6) is 0. The van der Waals surface area contributed by atoms with E-state index in [0.29, 0.717) is 0 Å². The minimum atomic E-state index is 0.794. The first-order valence-corrected chi connectivity index (χ1v) is 7.92. The van der Waals surface area contributed by atoms with Crippen LogP contribution in [0.3, 0.4) is 0 Å². The van der Waals surface area contributed by atoms with Crippen LogP contribution in [-0.2, 0) is 0 Å². The van der Waals surface area contributed by atoms with Crippen molar-refractivity contribution in [2.45, 2.75) is 0 Å². The second-order valence-corrected chi connectivity index (χ2v) is 6.87. The molecule has 3 heteroatoms. The first-order valence-electron chi connectivity index (χ1n) is 5.93. The molecule has 0 nitrogen and oxygen atoms in total. The highest BCUT2D eigenvalue weighted by Gasteiger charge is 2.10. The third-order valence-corrected chi connectivity index (χ3v) is 5.48. The van der Waals surface area contributed by atoms with Crippen LogP contribution in [0.5, 0.6) is 0 Å². The molecule has 0 bridgehead atoms. The molecule has 0 amide bonds. The van der Waals surface area contributed by atoms with E-state index in [2.05, 4.69) is 52.3 Å². The van der Waals surface area contributed by atoms with Gasteiger partial charge in [0.05, 0.1) is 0 Å². The van der Waals surface area contributed by atoms with Crippen molar-refractivity contribution in [2.24, 2.45) is 0 Å². The zero-order chi connectivity index (χ0) is 13.0. The van der Waals surface area contributed by atoms with Crippen LogP contribution in [0.15, 0.2) is 53.0 Å². The summed E-state index contributed by atoms with van der Waals surface area (Å²) < 4.78 is 3.71. The molecule has 0 unspecified atom stereocenters. The third kappa shape index (κ3) is 1.71. The van der Waals surface area contributed by atoms with Crippen LogP contribution in [0.2, 0.25) is 5.02 Å². The van der Waals surface area contributed by atoms with Crippen molar-refractivity contribution in [1.82, 2.24) is 0 Å². The fourth-order valence-electron chi connectivity index (χ4n) is 2.53. The zero-order valence-electron chi connectivity index (χ0n) is 9.78. The maximum atomic E-state index is 6.09. The van der Waals surface area contributed by atoms with E-state index in [0.717, 1.165) is 9.50 Å². The molecule has 0 saturated carbocycles. The highest BCUT2D eigenvalue weighted by Crippen LogP contribution is 2.41. The van der Waals surface area contributed by atoms with Crippen LogP contribution in [0.25, 0.3) is 30.9 Å². The zero-order valence-corrected chi connectivity index (χ0v) is 12.9. The summed E-state index contributed by atoms with van der Waals surface area (Å²) in [6, 6.07) is 16.8. The van der Waals surface area contributed by atoms with Crippen LogP contribution in [-0.4, -0.2) is 0 Å². The van der Waals surface area contributed by atoms with Gasteiger partial charge in [-0.25, -0.2) is 0 Å². The molecular weight excluding hydrogens is 340 g/mol. The maximum absolute atomic E-state index is 6.09.